The Kier molecular flexibility index (Phi) is 3.09. The van der Waals surface area contributed by atoms with Crippen LogP contribution in [0.1, 0.15) is 11.1 Å². The molecule has 3 rings (SSSR count). The van der Waals surface area contributed by atoms with Crippen LogP contribution >= 0.6 is 0 Å². The summed E-state index contributed by atoms with van der Waals surface area (Å²) in [5.41, 5.74) is 2.55. The summed E-state index contributed by atoms with van der Waals surface area (Å²) in [6.45, 7) is 2.85. The zero-order valence-electron chi connectivity index (χ0n) is 10.3. The summed E-state index contributed by atoms with van der Waals surface area (Å²) in [6, 6.07) is 21.0. The van der Waals surface area contributed by atoms with Crippen LogP contribution in [0.3, 0.4) is 0 Å². The number of aliphatic imine (C=N–C) groups is 1. The lowest BCUT2D eigenvalue weighted by Crippen LogP contribution is -2.27. The molecule has 0 spiro atoms. The van der Waals surface area contributed by atoms with Gasteiger partial charge in [0, 0.05) is 18.7 Å². The van der Waals surface area contributed by atoms with Gasteiger partial charge in [0.2, 0.25) is 0 Å². The molecule has 0 saturated carbocycles. The van der Waals surface area contributed by atoms with Crippen molar-refractivity contribution in [3.8, 4) is 0 Å². The van der Waals surface area contributed by atoms with Crippen LogP contribution in [0.2, 0.25) is 0 Å². The summed E-state index contributed by atoms with van der Waals surface area (Å²) in [5.74, 6) is 1.12. The molecule has 1 heterocycles. The van der Waals surface area contributed by atoms with Crippen molar-refractivity contribution in [2.75, 3.05) is 13.1 Å². The second kappa shape index (κ2) is 5.05. The van der Waals surface area contributed by atoms with Crippen LogP contribution in [0.5, 0.6) is 0 Å². The van der Waals surface area contributed by atoms with Crippen LogP contribution in [-0.4, -0.2) is 23.8 Å². The highest BCUT2D eigenvalue weighted by Crippen LogP contribution is 2.14. The minimum atomic E-state index is 0.900. The molecule has 2 aromatic rings. The third-order valence-electron chi connectivity index (χ3n) is 3.18. The lowest BCUT2D eigenvalue weighted by atomic mass is 10.1. The third-order valence-corrected chi connectivity index (χ3v) is 3.18. The van der Waals surface area contributed by atoms with E-state index in [1.165, 1.54) is 11.1 Å². The van der Waals surface area contributed by atoms with Gasteiger partial charge in [-0.25, -0.2) is 0 Å². The first-order chi connectivity index (χ1) is 8.93. The maximum Gasteiger partial charge on any atom is 0.131 e. The molecule has 1 aliphatic rings. The Balaban J connectivity index is 1.80. The van der Waals surface area contributed by atoms with E-state index in [-0.39, 0.29) is 0 Å². The van der Waals surface area contributed by atoms with E-state index in [0.717, 1.165) is 25.5 Å². The van der Waals surface area contributed by atoms with Crippen molar-refractivity contribution < 1.29 is 0 Å². The van der Waals surface area contributed by atoms with Gasteiger partial charge in [0.05, 0.1) is 6.54 Å². The molecule has 0 saturated heterocycles. The van der Waals surface area contributed by atoms with Gasteiger partial charge >= 0.3 is 0 Å². The lowest BCUT2D eigenvalue weighted by Gasteiger charge is -2.20. The fraction of sp³-hybridized carbons (Fsp3) is 0.188. The monoisotopic (exact) mass is 236 g/mol. The van der Waals surface area contributed by atoms with Gasteiger partial charge in [-0.3, -0.25) is 4.99 Å². The molecule has 0 atom stereocenters. The van der Waals surface area contributed by atoms with E-state index in [1.54, 1.807) is 0 Å². The number of nitrogens with zero attached hydrogens (tertiary/aromatic N) is 2. The zero-order chi connectivity index (χ0) is 12.2. The van der Waals surface area contributed by atoms with Crippen LogP contribution in [-0.2, 0) is 6.54 Å². The first-order valence-corrected chi connectivity index (χ1v) is 6.32. The highest BCUT2D eigenvalue weighted by atomic mass is 15.2. The number of benzene rings is 2. The Morgan fingerprint density at radius 3 is 2.28 bits per heavy atom. The molecule has 2 heteroatoms. The van der Waals surface area contributed by atoms with E-state index in [2.05, 4.69) is 64.5 Å². The first-order valence-electron chi connectivity index (χ1n) is 6.32. The van der Waals surface area contributed by atoms with Gasteiger partial charge in [-0.15, -0.1) is 0 Å². The quantitative estimate of drug-likeness (QED) is 0.800. The normalized spacial score (nSPS) is 14.7. The molecule has 0 aromatic heterocycles. The molecule has 2 aromatic carbocycles. The SMILES string of the molecule is c1ccc(CN2CCN=C2c2ccccc2)cc1. The largest absolute Gasteiger partial charge is 0.350 e. The van der Waals surface area contributed by atoms with Crippen LogP contribution < -0.4 is 0 Å². The topological polar surface area (TPSA) is 15.6 Å². The van der Waals surface area contributed by atoms with E-state index in [1.807, 2.05) is 6.07 Å². The predicted molar refractivity (Wildman–Crippen MR) is 74.7 cm³/mol. The Labute approximate surface area is 108 Å². The lowest BCUT2D eigenvalue weighted by molar-refractivity contribution is 0.453. The Bertz CT molecular complexity index is 532. The van der Waals surface area contributed by atoms with Crippen LogP contribution in [0.15, 0.2) is 65.7 Å². The number of hydrogen-bond donors (Lipinski definition) is 0. The zero-order valence-corrected chi connectivity index (χ0v) is 10.3. The Hall–Kier alpha value is -2.09. The smallest absolute Gasteiger partial charge is 0.131 e. The molecular weight excluding hydrogens is 220 g/mol. The fourth-order valence-corrected chi connectivity index (χ4v) is 2.30. The Morgan fingerprint density at radius 1 is 0.889 bits per heavy atom. The molecule has 0 radical (unpaired) electrons. The van der Waals surface area contributed by atoms with Gasteiger partial charge in [-0.1, -0.05) is 60.7 Å². The van der Waals surface area contributed by atoms with Gasteiger partial charge in [0.25, 0.3) is 0 Å². The number of rotatable bonds is 3. The predicted octanol–water partition coefficient (Wildman–Crippen LogP) is 2.95. The molecule has 0 N–H and O–H groups in total. The van der Waals surface area contributed by atoms with E-state index < -0.39 is 0 Å². The van der Waals surface area contributed by atoms with Crippen molar-refractivity contribution in [3.63, 3.8) is 0 Å². The summed E-state index contributed by atoms with van der Waals surface area (Å²) in [6.07, 6.45) is 0. The average Bonchev–Trinajstić information content (AvgIpc) is 2.89. The molecule has 0 aliphatic carbocycles. The van der Waals surface area contributed by atoms with Crippen molar-refractivity contribution >= 4 is 5.84 Å². The summed E-state index contributed by atoms with van der Waals surface area (Å²) in [5, 5.41) is 0. The molecule has 0 fully saturated rings. The summed E-state index contributed by atoms with van der Waals surface area (Å²) >= 11 is 0. The third kappa shape index (κ3) is 2.28. The van der Waals surface area contributed by atoms with E-state index >= 15 is 0 Å². The average molecular weight is 236 g/mol. The van der Waals surface area contributed by atoms with Gasteiger partial charge in [0.1, 0.15) is 5.84 Å². The minimum Gasteiger partial charge on any atom is -0.350 e. The van der Waals surface area contributed by atoms with Crippen molar-refractivity contribution in [3.05, 3.63) is 71.8 Å². The molecular formula is C16H16N2. The van der Waals surface area contributed by atoms with Crippen LogP contribution in [0, 0.1) is 0 Å². The first kappa shape index (κ1) is 11.0. The maximum atomic E-state index is 4.63. The van der Waals surface area contributed by atoms with E-state index in [0.29, 0.717) is 0 Å². The molecule has 0 amide bonds. The highest BCUT2D eigenvalue weighted by Gasteiger charge is 2.18. The minimum absolute atomic E-state index is 0.900. The standard InChI is InChI=1S/C16H16N2/c1-3-7-14(8-4-1)13-18-12-11-17-16(18)15-9-5-2-6-10-15/h1-10H,11-13H2. The highest BCUT2D eigenvalue weighted by molar-refractivity contribution is 5.99. The number of hydrogen-bond acceptors (Lipinski definition) is 2. The summed E-state index contributed by atoms with van der Waals surface area (Å²) in [4.78, 5) is 6.98. The van der Waals surface area contributed by atoms with Crippen molar-refractivity contribution in [1.82, 2.24) is 4.90 Å². The van der Waals surface area contributed by atoms with Crippen molar-refractivity contribution in [2.24, 2.45) is 4.99 Å². The van der Waals surface area contributed by atoms with Crippen LogP contribution in [0.4, 0.5) is 0 Å². The van der Waals surface area contributed by atoms with Gasteiger partial charge in [-0.2, -0.15) is 0 Å². The second-order valence-electron chi connectivity index (χ2n) is 4.48. The maximum absolute atomic E-state index is 4.63. The van der Waals surface area contributed by atoms with Crippen molar-refractivity contribution in [2.45, 2.75) is 6.54 Å². The second-order valence-corrected chi connectivity index (χ2v) is 4.48. The molecule has 0 bridgehead atoms. The van der Waals surface area contributed by atoms with Crippen LogP contribution in [0.25, 0.3) is 0 Å². The van der Waals surface area contributed by atoms with Crippen molar-refractivity contribution in [1.29, 1.82) is 0 Å². The number of amidine groups is 1. The van der Waals surface area contributed by atoms with E-state index in [9.17, 15) is 0 Å². The molecule has 18 heavy (non-hydrogen) atoms. The summed E-state index contributed by atoms with van der Waals surface area (Å²) in [7, 11) is 0. The van der Waals surface area contributed by atoms with Gasteiger partial charge in [0.15, 0.2) is 0 Å². The molecule has 2 nitrogen and oxygen atoms in total. The molecule has 1 aliphatic heterocycles. The summed E-state index contributed by atoms with van der Waals surface area (Å²) < 4.78 is 0. The molecule has 0 unspecified atom stereocenters. The Morgan fingerprint density at radius 2 is 1.56 bits per heavy atom. The fourth-order valence-electron chi connectivity index (χ4n) is 2.30. The van der Waals surface area contributed by atoms with Gasteiger partial charge in [-0.05, 0) is 5.56 Å². The van der Waals surface area contributed by atoms with Gasteiger partial charge < -0.3 is 4.90 Å². The molecule has 90 valence electrons. The van der Waals surface area contributed by atoms with E-state index in [4.69, 9.17) is 0 Å².